The third kappa shape index (κ3) is 4.17. The minimum atomic E-state index is -0.258. The lowest BCUT2D eigenvalue weighted by molar-refractivity contribution is -0.132. The van der Waals surface area contributed by atoms with Crippen LogP contribution in [0.4, 0.5) is 0 Å². The molecule has 1 aliphatic heterocycles. The van der Waals surface area contributed by atoms with Crippen molar-refractivity contribution in [3.05, 3.63) is 35.9 Å². The fraction of sp³-hybridized carbons (Fsp3) is 0.500. The number of nitrogens with zero attached hydrogens (tertiary/aromatic N) is 2. The highest BCUT2D eigenvalue weighted by atomic mass is 16.5. The van der Waals surface area contributed by atoms with Crippen molar-refractivity contribution in [1.29, 1.82) is 0 Å². The van der Waals surface area contributed by atoms with Gasteiger partial charge in [0.05, 0.1) is 13.2 Å². The molecule has 1 amide bonds. The zero-order chi connectivity index (χ0) is 14.2. The van der Waals surface area contributed by atoms with Crippen molar-refractivity contribution < 1.29 is 9.53 Å². The first-order valence-corrected chi connectivity index (χ1v) is 7.17. The molecule has 1 saturated heterocycles. The van der Waals surface area contributed by atoms with Gasteiger partial charge in [-0.15, -0.1) is 0 Å². The third-order valence-electron chi connectivity index (χ3n) is 3.59. The fourth-order valence-corrected chi connectivity index (χ4v) is 2.42. The Morgan fingerprint density at radius 1 is 1.30 bits per heavy atom. The van der Waals surface area contributed by atoms with Gasteiger partial charge in [-0.25, -0.2) is 0 Å². The normalized spacial score (nSPS) is 19.7. The highest BCUT2D eigenvalue weighted by molar-refractivity contribution is 5.82. The molecule has 2 rings (SSSR count). The summed E-state index contributed by atoms with van der Waals surface area (Å²) in [4.78, 5) is 18.0. The molecule has 0 aliphatic carbocycles. The first-order valence-electron chi connectivity index (χ1n) is 7.17. The number of hydrogen-bond acceptors (Lipinski definition) is 3. The molecule has 1 heterocycles. The summed E-state index contributed by atoms with van der Waals surface area (Å²) in [5.74, 6) is 0.0980. The molecule has 4 nitrogen and oxygen atoms in total. The minimum absolute atomic E-state index is 0.0980. The van der Waals surface area contributed by atoms with Crippen LogP contribution in [-0.2, 0) is 16.1 Å². The maximum absolute atomic E-state index is 12.2. The number of likely N-dealkylation sites (tertiary alicyclic amines) is 1. The van der Waals surface area contributed by atoms with Crippen LogP contribution in [0.1, 0.15) is 24.8 Å². The summed E-state index contributed by atoms with van der Waals surface area (Å²) in [7, 11) is 0. The lowest BCUT2D eigenvalue weighted by Crippen LogP contribution is -2.39. The Bertz CT molecular complexity index is 433. The molecule has 1 aromatic carbocycles. The Balaban J connectivity index is 1.75. The monoisotopic (exact) mass is 274 g/mol. The van der Waals surface area contributed by atoms with Gasteiger partial charge < -0.3 is 9.64 Å². The lowest BCUT2D eigenvalue weighted by Gasteiger charge is -2.22. The molecule has 108 valence electrons. The van der Waals surface area contributed by atoms with Crippen molar-refractivity contribution in [1.82, 2.24) is 4.90 Å². The van der Waals surface area contributed by atoms with Crippen molar-refractivity contribution in [3.8, 4) is 0 Å². The van der Waals surface area contributed by atoms with Gasteiger partial charge in [-0.2, -0.15) is 0 Å². The molecule has 1 unspecified atom stereocenters. The van der Waals surface area contributed by atoms with Crippen LogP contribution in [0, 0.1) is 0 Å². The van der Waals surface area contributed by atoms with E-state index in [1.54, 1.807) is 0 Å². The number of hydrogen-bond donors (Lipinski definition) is 0. The van der Waals surface area contributed by atoms with Gasteiger partial charge in [-0.05, 0) is 31.5 Å². The highest BCUT2D eigenvalue weighted by Gasteiger charge is 2.25. The van der Waals surface area contributed by atoms with Crippen LogP contribution in [0.15, 0.2) is 35.3 Å². The predicted molar refractivity (Wildman–Crippen MR) is 79.9 cm³/mol. The van der Waals surface area contributed by atoms with Gasteiger partial charge in [0, 0.05) is 13.1 Å². The van der Waals surface area contributed by atoms with E-state index in [-0.39, 0.29) is 11.9 Å². The molecule has 1 atom stereocenters. The van der Waals surface area contributed by atoms with Crippen molar-refractivity contribution in [3.63, 3.8) is 0 Å². The van der Waals surface area contributed by atoms with Crippen LogP contribution >= 0.6 is 0 Å². The van der Waals surface area contributed by atoms with Gasteiger partial charge in [-0.1, -0.05) is 30.3 Å². The van der Waals surface area contributed by atoms with Crippen LogP contribution in [0.2, 0.25) is 0 Å². The number of benzene rings is 1. The summed E-state index contributed by atoms with van der Waals surface area (Å²) in [5, 5.41) is 0. The van der Waals surface area contributed by atoms with E-state index in [1.807, 2.05) is 35.2 Å². The second-order valence-corrected chi connectivity index (χ2v) is 5.06. The SMILES string of the molecule is C=NC1CCCCN(CCOCc2ccccc2)C1=O. The van der Waals surface area contributed by atoms with Gasteiger partial charge in [0.15, 0.2) is 0 Å². The Hall–Kier alpha value is -1.68. The minimum Gasteiger partial charge on any atom is -0.375 e. The molecule has 0 bridgehead atoms. The van der Waals surface area contributed by atoms with E-state index in [0.29, 0.717) is 19.8 Å². The summed E-state index contributed by atoms with van der Waals surface area (Å²) < 4.78 is 5.64. The largest absolute Gasteiger partial charge is 0.375 e. The average Bonchev–Trinajstić information content (AvgIpc) is 2.66. The quantitative estimate of drug-likeness (QED) is 0.590. The van der Waals surface area contributed by atoms with Crippen LogP contribution in [-0.4, -0.2) is 43.3 Å². The van der Waals surface area contributed by atoms with E-state index in [9.17, 15) is 4.79 Å². The summed E-state index contributed by atoms with van der Waals surface area (Å²) in [6, 6.07) is 9.80. The maximum Gasteiger partial charge on any atom is 0.247 e. The Kier molecular flexibility index (Phi) is 5.74. The summed E-state index contributed by atoms with van der Waals surface area (Å²) in [6.07, 6.45) is 2.90. The van der Waals surface area contributed by atoms with Crippen molar-refractivity contribution >= 4 is 12.6 Å². The Morgan fingerprint density at radius 2 is 2.10 bits per heavy atom. The molecule has 1 aromatic rings. The number of rotatable bonds is 6. The molecule has 0 saturated carbocycles. The standard InChI is InChI=1S/C16H22N2O2/c1-17-15-9-5-6-10-18(16(15)19)11-12-20-13-14-7-3-2-4-8-14/h2-4,7-8,15H,1,5-6,9-13H2. The number of carbonyl (C=O) groups is 1. The zero-order valence-electron chi connectivity index (χ0n) is 11.8. The molecule has 0 aromatic heterocycles. The third-order valence-corrected chi connectivity index (χ3v) is 3.59. The molecule has 1 aliphatic rings. The molecule has 20 heavy (non-hydrogen) atoms. The van der Waals surface area contributed by atoms with Gasteiger partial charge >= 0.3 is 0 Å². The van der Waals surface area contributed by atoms with E-state index < -0.39 is 0 Å². The fourth-order valence-electron chi connectivity index (χ4n) is 2.42. The van der Waals surface area contributed by atoms with Crippen LogP contribution < -0.4 is 0 Å². The van der Waals surface area contributed by atoms with Gasteiger partial charge in [0.1, 0.15) is 6.04 Å². The zero-order valence-corrected chi connectivity index (χ0v) is 11.8. The topological polar surface area (TPSA) is 41.9 Å². The lowest BCUT2D eigenvalue weighted by atomic mass is 10.1. The van der Waals surface area contributed by atoms with Crippen molar-refractivity contribution in [2.24, 2.45) is 4.99 Å². The molecular formula is C16H22N2O2. The summed E-state index contributed by atoms with van der Waals surface area (Å²) in [5.41, 5.74) is 1.15. The van der Waals surface area contributed by atoms with E-state index >= 15 is 0 Å². The van der Waals surface area contributed by atoms with Gasteiger partial charge in [0.2, 0.25) is 5.91 Å². The first-order chi connectivity index (χ1) is 9.81. The number of aliphatic imine (C=N–C) groups is 1. The molecule has 4 heteroatoms. The molecule has 0 radical (unpaired) electrons. The average molecular weight is 274 g/mol. The van der Waals surface area contributed by atoms with E-state index in [0.717, 1.165) is 31.4 Å². The number of ether oxygens (including phenoxy) is 1. The van der Waals surface area contributed by atoms with Crippen LogP contribution in [0.3, 0.4) is 0 Å². The molecule has 1 fully saturated rings. The van der Waals surface area contributed by atoms with E-state index in [2.05, 4.69) is 11.7 Å². The predicted octanol–water partition coefficient (Wildman–Crippen LogP) is 2.28. The first kappa shape index (κ1) is 14.7. The second-order valence-electron chi connectivity index (χ2n) is 5.06. The second kappa shape index (κ2) is 7.80. The summed E-state index contributed by atoms with van der Waals surface area (Å²) >= 11 is 0. The van der Waals surface area contributed by atoms with Crippen molar-refractivity contribution in [2.45, 2.75) is 31.9 Å². The molecular weight excluding hydrogens is 252 g/mol. The molecule has 0 spiro atoms. The maximum atomic E-state index is 12.2. The van der Waals surface area contributed by atoms with Crippen molar-refractivity contribution in [2.75, 3.05) is 19.7 Å². The summed E-state index contributed by atoms with van der Waals surface area (Å²) in [6.45, 7) is 6.11. The Morgan fingerprint density at radius 3 is 2.85 bits per heavy atom. The van der Waals surface area contributed by atoms with Gasteiger partial charge in [-0.3, -0.25) is 9.79 Å². The van der Waals surface area contributed by atoms with Crippen LogP contribution in [0.25, 0.3) is 0 Å². The van der Waals surface area contributed by atoms with Crippen LogP contribution in [0.5, 0.6) is 0 Å². The van der Waals surface area contributed by atoms with E-state index in [1.165, 1.54) is 0 Å². The molecule has 0 N–H and O–H groups in total. The van der Waals surface area contributed by atoms with Gasteiger partial charge in [0.25, 0.3) is 0 Å². The Labute approximate surface area is 120 Å². The number of carbonyl (C=O) groups excluding carboxylic acids is 1. The smallest absolute Gasteiger partial charge is 0.247 e. The number of amides is 1. The highest BCUT2D eigenvalue weighted by Crippen LogP contribution is 2.14. The van der Waals surface area contributed by atoms with E-state index in [4.69, 9.17) is 4.74 Å².